The maximum absolute atomic E-state index is 13.0. The Morgan fingerprint density at radius 2 is 2.19 bits per heavy atom. The lowest BCUT2D eigenvalue weighted by Gasteiger charge is -2.24. The van der Waals surface area contributed by atoms with Crippen LogP contribution in [-0.2, 0) is 6.42 Å². The van der Waals surface area contributed by atoms with Gasteiger partial charge in [-0.1, -0.05) is 12.1 Å². The van der Waals surface area contributed by atoms with E-state index in [1.54, 1.807) is 11.8 Å². The lowest BCUT2D eigenvalue weighted by atomic mass is 9.99. The summed E-state index contributed by atoms with van der Waals surface area (Å²) in [6.45, 7) is 5.30. The van der Waals surface area contributed by atoms with Gasteiger partial charge in [-0.3, -0.25) is 4.99 Å². The Labute approximate surface area is 177 Å². The molecule has 2 aliphatic rings. The lowest BCUT2D eigenvalue weighted by molar-refractivity contribution is 0.0776. The van der Waals surface area contributed by atoms with E-state index in [0.717, 1.165) is 56.4 Å². The van der Waals surface area contributed by atoms with Gasteiger partial charge < -0.3 is 15.3 Å². The summed E-state index contributed by atoms with van der Waals surface area (Å²) in [4.78, 5) is 7.02. The van der Waals surface area contributed by atoms with E-state index in [2.05, 4.69) is 17.1 Å². The first-order chi connectivity index (χ1) is 12.1. The van der Waals surface area contributed by atoms with E-state index >= 15 is 0 Å². The van der Waals surface area contributed by atoms with E-state index in [9.17, 15) is 9.50 Å². The molecule has 2 atom stereocenters. The van der Waals surface area contributed by atoms with Crippen molar-refractivity contribution >= 4 is 41.7 Å². The van der Waals surface area contributed by atoms with E-state index in [-0.39, 0.29) is 29.8 Å². The number of hydrogen-bond acceptors (Lipinski definition) is 3. The number of hydrogen-bond donors (Lipinski definition) is 2. The fourth-order valence-corrected chi connectivity index (χ4v) is 4.80. The second-order valence-corrected chi connectivity index (χ2v) is 8.23. The van der Waals surface area contributed by atoms with E-state index in [1.807, 2.05) is 12.1 Å². The number of halogens is 2. The van der Waals surface area contributed by atoms with Crippen LogP contribution < -0.4 is 5.32 Å². The van der Waals surface area contributed by atoms with Crippen LogP contribution in [0.3, 0.4) is 0 Å². The van der Waals surface area contributed by atoms with E-state index in [4.69, 9.17) is 4.99 Å². The van der Waals surface area contributed by atoms with Gasteiger partial charge in [-0.05, 0) is 55.6 Å². The molecule has 1 aromatic rings. The molecule has 0 saturated carbocycles. The maximum atomic E-state index is 13.0. The van der Waals surface area contributed by atoms with Crippen LogP contribution in [0.15, 0.2) is 29.3 Å². The van der Waals surface area contributed by atoms with Crippen molar-refractivity contribution in [2.45, 2.75) is 31.8 Å². The Hall–Kier alpha value is -0.540. The van der Waals surface area contributed by atoms with Crippen molar-refractivity contribution in [3.05, 3.63) is 35.6 Å². The van der Waals surface area contributed by atoms with Crippen molar-refractivity contribution in [3.8, 4) is 0 Å². The van der Waals surface area contributed by atoms with Crippen LogP contribution in [0.1, 0.15) is 25.3 Å². The summed E-state index contributed by atoms with van der Waals surface area (Å²) in [7, 11) is 0. The summed E-state index contributed by atoms with van der Waals surface area (Å²) in [5.74, 6) is 3.09. The first-order valence-corrected chi connectivity index (χ1v) is 10.3. The SMILES string of the molecule is CCNC(=NCC1(O)CCSC1)N1CCC(Cc2ccc(F)cc2)C1.I. The smallest absolute Gasteiger partial charge is 0.194 e. The van der Waals surface area contributed by atoms with Crippen LogP contribution in [0.4, 0.5) is 4.39 Å². The molecule has 4 nitrogen and oxygen atoms in total. The third-order valence-electron chi connectivity index (χ3n) is 4.96. The molecular formula is C19H29FIN3OS. The van der Waals surface area contributed by atoms with Crippen molar-refractivity contribution < 1.29 is 9.50 Å². The summed E-state index contributed by atoms with van der Waals surface area (Å²) < 4.78 is 13.0. The minimum atomic E-state index is -0.640. The monoisotopic (exact) mass is 493 g/mol. The lowest BCUT2D eigenvalue weighted by Crippen LogP contribution is -2.42. The van der Waals surface area contributed by atoms with Crippen molar-refractivity contribution in [1.29, 1.82) is 0 Å². The second-order valence-electron chi connectivity index (χ2n) is 7.13. The molecule has 2 heterocycles. The van der Waals surface area contributed by atoms with E-state index in [0.29, 0.717) is 12.5 Å². The van der Waals surface area contributed by atoms with Gasteiger partial charge in [0.25, 0.3) is 0 Å². The number of likely N-dealkylation sites (tertiary alicyclic amines) is 1. The summed E-state index contributed by atoms with van der Waals surface area (Å²) >= 11 is 1.80. The molecule has 0 aromatic heterocycles. The number of rotatable bonds is 5. The summed E-state index contributed by atoms with van der Waals surface area (Å²) in [6, 6.07) is 6.83. The molecule has 26 heavy (non-hydrogen) atoms. The van der Waals surface area contributed by atoms with Crippen LogP contribution in [0, 0.1) is 11.7 Å². The second kappa shape index (κ2) is 10.1. The number of guanidine groups is 1. The Morgan fingerprint density at radius 1 is 1.42 bits per heavy atom. The van der Waals surface area contributed by atoms with Crippen LogP contribution in [0.5, 0.6) is 0 Å². The molecule has 0 bridgehead atoms. The Kier molecular flexibility index (Phi) is 8.47. The number of aliphatic hydroxyl groups is 1. The fraction of sp³-hybridized carbons (Fsp3) is 0.632. The van der Waals surface area contributed by atoms with E-state index < -0.39 is 5.60 Å². The number of nitrogens with zero attached hydrogens (tertiary/aromatic N) is 2. The maximum Gasteiger partial charge on any atom is 0.194 e. The zero-order valence-electron chi connectivity index (χ0n) is 15.3. The van der Waals surface area contributed by atoms with Crippen LogP contribution in [0.2, 0.25) is 0 Å². The third-order valence-corrected chi connectivity index (χ3v) is 6.20. The molecule has 2 aliphatic heterocycles. The van der Waals surface area contributed by atoms with Crippen molar-refractivity contribution in [2.24, 2.45) is 10.9 Å². The highest BCUT2D eigenvalue weighted by Gasteiger charge is 2.32. The topological polar surface area (TPSA) is 47.9 Å². The third kappa shape index (κ3) is 5.99. The van der Waals surface area contributed by atoms with Crippen molar-refractivity contribution in [3.63, 3.8) is 0 Å². The summed E-state index contributed by atoms with van der Waals surface area (Å²) in [6.07, 6.45) is 2.91. The van der Waals surface area contributed by atoms with Gasteiger partial charge in [0.05, 0.1) is 12.1 Å². The predicted octanol–water partition coefficient (Wildman–Crippen LogP) is 3.14. The zero-order valence-corrected chi connectivity index (χ0v) is 18.4. The standard InChI is InChI=1S/C19H28FN3OS.HI/c1-2-21-18(22-13-19(24)8-10-25-14-19)23-9-7-16(12-23)11-15-3-5-17(20)6-4-15;/h3-6,16,24H,2,7-14H2,1H3,(H,21,22);1H. The fourth-order valence-electron chi connectivity index (χ4n) is 3.51. The Balaban J connectivity index is 0.00000243. The van der Waals surface area contributed by atoms with E-state index in [1.165, 1.54) is 17.7 Å². The normalized spacial score (nSPS) is 26.0. The van der Waals surface area contributed by atoms with Gasteiger partial charge in [0, 0.05) is 25.4 Å². The molecule has 0 amide bonds. The van der Waals surface area contributed by atoms with Gasteiger partial charge in [0.2, 0.25) is 0 Å². The molecule has 0 aliphatic carbocycles. The number of aliphatic imine (C=N–C) groups is 1. The molecule has 146 valence electrons. The molecule has 1 aromatic carbocycles. The first-order valence-electron chi connectivity index (χ1n) is 9.16. The zero-order chi connectivity index (χ0) is 17.7. The largest absolute Gasteiger partial charge is 0.387 e. The highest BCUT2D eigenvalue weighted by atomic mass is 127. The molecule has 2 fully saturated rings. The minimum Gasteiger partial charge on any atom is -0.387 e. The van der Waals surface area contributed by atoms with Crippen LogP contribution in [-0.4, -0.2) is 59.3 Å². The van der Waals surface area contributed by atoms with Gasteiger partial charge in [-0.25, -0.2) is 4.39 Å². The van der Waals surface area contributed by atoms with Crippen molar-refractivity contribution in [1.82, 2.24) is 10.2 Å². The molecule has 3 rings (SSSR count). The molecular weight excluding hydrogens is 464 g/mol. The highest BCUT2D eigenvalue weighted by molar-refractivity contribution is 14.0. The van der Waals surface area contributed by atoms with Gasteiger partial charge in [0.1, 0.15) is 5.82 Å². The molecule has 2 N–H and O–H groups in total. The predicted molar refractivity (Wildman–Crippen MR) is 118 cm³/mol. The molecule has 7 heteroatoms. The summed E-state index contributed by atoms with van der Waals surface area (Å²) in [5.41, 5.74) is 0.547. The minimum absolute atomic E-state index is 0. The summed E-state index contributed by atoms with van der Waals surface area (Å²) in [5, 5.41) is 13.9. The Morgan fingerprint density at radius 3 is 2.85 bits per heavy atom. The van der Waals surface area contributed by atoms with Crippen molar-refractivity contribution in [2.75, 3.05) is 37.7 Å². The average Bonchev–Trinajstić information content (AvgIpc) is 3.23. The Bertz CT molecular complexity index is 593. The van der Waals surface area contributed by atoms with Gasteiger partial charge >= 0.3 is 0 Å². The van der Waals surface area contributed by atoms with Crippen LogP contribution >= 0.6 is 35.7 Å². The van der Waals surface area contributed by atoms with Crippen LogP contribution in [0.25, 0.3) is 0 Å². The molecule has 0 spiro atoms. The first kappa shape index (κ1) is 21.8. The highest BCUT2D eigenvalue weighted by Crippen LogP contribution is 2.28. The van der Waals surface area contributed by atoms with Gasteiger partial charge in [0.15, 0.2) is 5.96 Å². The molecule has 2 unspecified atom stereocenters. The molecule has 0 radical (unpaired) electrons. The van der Waals surface area contributed by atoms with Gasteiger partial charge in [-0.2, -0.15) is 11.8 Å². The quantitative estimate of drug-likeness (QED) is 0.376. The average molecular weight is 493 g/mol. The van der Waals surface area contributed by atoms with Gasteiger partial charge in [-0.15, -0.1) is 24.0 Å². The molecule has 2 saturated heterocycles. The number of benzene rings is 1. The number of nitrogens with one attached hydrogen (secondary N) is 1. The number of thioether (sulfide) groups is 1.